The number of carbonyl (C=O) groups excluding carboxylic acids is 1. The Morgan fingerprint density at radius 1 is 1.50 bits per heavy atom. The third-order valence-corrected chi connectivity index (χ3v) is 3.56. The number of aliphatic imine (C=N–C) groups is 1. The van der Waals surface area contributed by atoms with E-state index in [1.807, 2.05) is 12.2 Å². The molecule has 6 nitrogen and oxygen atoms in total. The highest BCUT2D eigenvalue weighted by atomic mass is 32.2. The summed E-state index contributed by atoms with van der Waals surface area (Å²) in [6.07, 6.45) is 3.79. The van der Waals surface area contributed by atoms with Gasteiger partial charge in [0, 0.05) is 24.8 Å². The summed E-state index contributed by atoms with van der Waals surface area (Å²) >= 11 is 1.50. The number of non-ortho nitro benzene ring substituents is 1. The van der Waals surface area contributed by atoms with Crippen LogP contribution >= 0.6 is 11.8 Å². The van der Waals surface area contributed by atoms with Gasteiger partial charge in [-0.1, -0.05) is 23.9 Å². The second-order valence-electron chi connectivity index (χ2n) is 4.20. The molecule has 2 rings (SSSR count). The number of hydrogen-bond acceptors (Lipinski definition) is 5. The molecule has 0 spiro atoms. The van der Waals surface area contributed by atoms with E-state index >= 15 is 0 Å². The Balaban J connectivity index is 1.98. The van der Waals surface area contributed by atoms with Crippen molar-refractivity contribution < 1.29 is 9.72 Å². The van der Waals surface area contributed by atoms with Gasteiger partial charge in [-0.2, -0.15) is 0 Å². The smallest absolute Gasteiger partial charge is 0.269 e. The second kappa shape index (κ2) is 6.33. The van der Waals surface area contributed by atoms with Crippen molar-refractivity contribution in [3.63, 3.8) is 0 Å². The number of nitrogens with zero attached hydrogens (tertiary/aromatic N) is 2. The Labute approximate surface area is 120 Å². The number of nitro benzene ring substituents is 1. The molecule has 1 amide bonds. The molecule has 0 saturated carbocycles. The molecule has 1 aliphatic rings. The van der Waals surface area contributed by atoms with Gasteiger partial charge in [-0.15, -0.1) is 0 Å². The number of rotatable bonds is 3. The Kier molecular flexibility index (Phi) is 4.52. The first-order valence-electron chi connectivity index (χ1n) is 5.95. The number of hydrogen-bond donors (Lipinski definition) is 1. The molecular formula is C13H13N3O3S. The number of nitro groups is 1. The normalized spacial score (nSPS) is 18.1. The minimum absolute atomic E-state index is 0.0111. The van der Waals surface area contributed by atoms with Crippen LogP contribution in [-0.2, 0) is 4.79 Å². The van der Waals surface area contributed by atoms with Crippen molar-refractivity contribution >= 4 is 34.6 Å². The molecule has 1 aromatic rings. The summed E-state index contributed by atoms with van der Waals surface area (Å²) in [5, 5.41) is 13.8. The predicted octanol–water partition coefficient (Wildman–Crippen LogP) is 2.22. The van der Waals surface area contributed by atoms with Gasteiger partial charge >= 0.3 is 0 Å². The fourth-order valence-corrected chi connectivity index (χ4v) is 2.58. The van der Waals surface area contributed by atoms with E-state index in [2.05, 4.69) is 10.3 Å². The van der Waals surface area contributed by atoms with E-state index in [9.17, 15) is 14.9 Å². The van der Waals surface area contributed by atoms with Crippen LogP contribution in [0.2, 0.25) is 0 Å². The Bertz CT molecular complexity index is 581. The van der Waals surface area contributed by atoms with E-state index < -0.39 is 4.92 Å². The second-order valence-corrected chi connectivity index (χ2v) is 5.21. The van der Waals surface area contributed by atoms with Crippen molar-refractivity contribution in [3.05, 3.63) is 46.0 Å². The molecular weight excluding hydrogens is 278 g/mol. The highest BCUT2D eigenvalue weighted by molar-refractivity contribution is 8.14. The molecule has 20 heavy (non-hydrogen) atoms. The fourth-order valence-electron chi connectivity index (χ4n) is 1.64. The van der Waals surface area contributed by atoms with Gasteiger partial charge in [0.25, 0.3) is 5.69 Å². The third kappa shape index (κ3) is 3.92. The average Bonchev–Trinajstić information content (AvgIpc) is 2.83. The first kappa shape index (κ1) is 14.3. The van der Waals surface area contributed by atoms with E-state index in [0.717, 1.165) is 11.3 Å². The summed E-state index contributed by atoms with van der Waals surface area (Å²) in [5.41, 5.74) is 0.952. The summed E-state index contributed by atoms with van der Waals surface area (Å²) in [7, 11) is 0. The topological polar surface area (TPSA) is 84.6 Å². The standard InChI is InChI=1S/C13H13N3O3S/c1-9(17)14-13-15-11(8-20-13)5-2-10-3-6-12(7-4-10)16(18)19/h2-7,11H,8H2,1H3,(H,14,15,17)/b5-2-. The quantitative estimate of drug-likeness (QED) is 0.683. The van der Waals surface area contributed by atoms with Crippen LogP contribution in [0, 0.1) is 10.1 Å². The van der Waals surface area contributed by atoms with Crippen molar-refractivity contribution in [3.8, 4) is 0 Å². The molecule has 1 aliphatic heterocycles. The molecule has 1 atom stereocenters. The minimum Gasteiger partial charge on any atom is -0.306 e. The van der Waals surface area contributed by atoms with E-state index in [4.69, 9.17) is 0 Å². The molecule has 0 saturated heterocycles. The van der Waals surface area contributed by atoms with E-state index in [1.54, 1.807) is 12.1 Å². The number of benzene rings is 1. The minimum atomic E-state index is -0.425. The van der Waals surface area contributed by atoms with E-state index in [0.29, 0.717) is 5.17 Å². The van der Waals surface area contributed by atoms with Gasteiger partial charge in [0.05, 0.1) is 11.0 Å². The zero-order valence-electron chi connectivity index (χ0n) is 10.8. The molecule has 0 fully saturated rings. The zero-order chi connectivity index (χ0) is 14.5. The maximum atomic E-state index is 10.9. The SMILES string of the molecule is CC(=O)NC1=NC(/C=C\c2ccc([N+](=O)[O-])cc2)CS1. The fraction of sp³-hybridized carbons (Fsp3) is 0.231. The highest BCUT2D eigenvalue weighted by Gasteiger charge is 2.16. The molecule has 0 bridgehead atoms. The molecule has 104 valence electrons. The van der Waals surface area contributed by atoms with Crippen LogP contribution < -0.4 is 5.32 Å². The van der Waals surface area contributed by atoms with Crippen LogP contribution in [0.4, 0.5) is 5.69 Å². The first-order chi connectivity index (χ1) is 9.54. The van der Waals surface area contributed by atoms with Crippen LogP contribution in [0.25, 0.3) is 6.08 Å². The number of nitrogens with one attached hydrogen (secondary N) is 1. The number of amides is 1. The lowest BCUT2D eigenvalue weighted by Crippen LogP contribution is -2.24. The largest absolute Gasteiger partial charge is 0.306 e. The lowest BCUT2D eigenvalue weighted by Gasteiger charge is -1.97. The molecule has 0 radical (unpaired) electrons. The van der Waals surface area contributed by atoms with Gasteiger partial charge < -0.3 is 5.32 Å². The van der Waals surface area contributed by atoms with Crippen molar-refractivity contribution in [1.29, 1.82) is 0 Å². The number of carbonyl (C=O) groups is 1. The molecule has 1 N–H and O–H groups in total. The van der Waals surface area contributed by atoms with E-state index in [-0.39, 0.29) is 17.6 Å². The lowest BCUT2D eigenvalue weighted by atomic mass is 10.1. The van der Waals surface area contributed by atoms with Crippen LogP contribution in [0.15, 0.2) is 35.3 Å². The molecule has 7 heteroatoms. The summed E-state index contributed by atoms with van der Waals surface area (Å²) in [6.45, 7) is 1.45. The maximum Gasteiger partial charge on any atom is 0.269 e. The van der Waals surface area contributed by atoms with Crippen LogP contribution in [-0.4, -0.2) is 27.8 Å². The zero-order valence-corrected chi connectivity index (χ0v) is 11.6. The van der Waals surface area contributed by atoms with Crippen molar-refractivity contribution in [2.45, 2.75) is 13.0 Å². The average molecular weight is 291 g/mol. The molecule has 0 aliphatic carbocycles. The Hall–Kier alpha value is -2.15. The van der Waals surface area contributed by atoms with Gasteiger partial charge in [-0.3, -0.25) is 19.9 Å². The first-order valence-corrected chi connectivity index (χ1v) is 6.94. The summed E-state index contributed by atoms with van der Waals surface area (Å²) in [6, 6.07) is 6.33. The number of amidine groups is 1. The van der Waals surface area contributed by atoms with Gasteiger partial charge in [0.1, 0.15) is 0 Å². The monoisotopic (exact) mass is 291 g/mol. The van der Waals surface area contributed by atoms with Gasteiger partial charge in [-0.05, 0) is 17.7 Å². The Morgan fingerprint density at radius 2 is 2.20 bits per heavy atom. The molecule has 1 heterocycles. The summed E-state index contributed by atoms with van der Waals surface area (Å²) < 4.78 is 0. The van der Waals surface area contributed by atoms with Crippen LogP contribution in [0.5, 0.6) is 0 Å². The van der Waals surface area contributed by atoms with Crippen LogP contribution in [0.3, 0.4) is 0 Å². The molecule has 0 aromatic heterocycles. The molecule has 1 unspecified atom stereocenters. The van der Waals surface area contributed by atoms with Crippen molar-refractivity contribution in [1.82, 2.24) is 5.32 Å². The van der Waals surface area contributed by atoms with Crippen molar-refractivity contribution in [2.24, 2.45) is 4.99 Å². The predicted molar refractivity (Wildman–Crippen MR) is 79.6 cm³/mol. The summed E-state index contributed by atoms with van der Waals surface area (Å²) in [4.78, 5) is 25.3. The Morgan fingerprint density at radius 3 is 2.80 bits per heavy atom. The van der Waals surface area contributed by atoms with Crippen molar-refractivity contribution in [2.75, 3.05) is 5.75 Å². The van der Waals surface area contributed by atoms with Crippen LogP contribution in [0.1, 0.15) is 12.5 Å². The lowest BCUT2D eigenvalue weighted by molar-refractivity contribution is -0.384. The highest BCUT2D eigenvalue weighted by Crippen LogP contribution is 2.19. The summed E-state index contributed by atoms with van der Waals surface area (Å²) in [5.74, 6) is 0.648. The maximum absolute atomic E-state index is 10.9. The third-order valence-electron chi connectivity index (χ3n) is 2.57. The number of thioether (sulfide) groups is 1. The van der Waals surface area contributed by atoms with E-state index in [1.165, 1.54) is 30.8 Å². The molecule has 1 aromatic carbocycles. The van der Waals surface area contributed by atoms with Gasteiger partial charge in [-0.25, -0.2) is 0 Å². The van der Waals surface area contributed by atoms with Gasteiger partial charge in [0.2, 0.25) is 5.91 Å². The van der Waals surface area contributed by atoms with Gasteiger partial charge in [0.15, 0.2) is 5.17 Å².